The Bertz CT molecular complexity index is 548. The van der Waals surface area contributed by atoms with E-state index >= 15 is 0 Å². The lowest BCUT2D eigenvalue weighted by Gasteiger charge is -2.28. The third-order valence-corrected chi connectivity index (χ3v) is 3.84. The summed E-state index contributed by atoms with van der Waals surface area (Å²) in [5.74, 6) is 6.88. The molecule has 3 N–H and O–H groups in total. The van der Waals surface area contributed by atoms with Crippen LogP contribution in [0.15, 0.2) is 28.7 Å². The van der Waals surface area contributed by atoms with Crippen molar-refractivity contribution in [2.45, 2.75) is 31.7 Å². The highest BCUT2D eigenvalue weighted by molar-refractivity contribution is 5.78. The van der Waals surface area contributed by atoms with Crippen LogP contribution in [0.2, 0.25) is 0 Å². The normalized spacial score (nSPS) is 17.9. The number of hydrogen-bond acceptors (Lipinski definition) is 3. The predicted molar refractivity (Wildman–Crippen MR) is 68.2 cm³/mol. The van der Waals surface area contributed by atoms with Crippen molar-refractivity contribution in [2.75, 3.05) is 0 Å². The first-order valence-corrected chi connectivity index (χ1v) is 6.41. The van der Waals surface area contributed by atoms with Gasteiger partial charge in [-0.25, -0.2) is 9.82 Å². The highest BCUT2D eigenvalue weighted by Gasteiger charge is 2.24. The van der Waals surface area contributed by atoms with Crippen LogP contribution in [0.4, 0.5) is 4.39 Å². The molecule has 0 radical (unpaired) electrons. The lowest BCUT2D eigenvalue weighted by atomic mass is 9.80. The van der Waals surface area contributed by atoms with Gasteiger partial charge in [-0.15, -0.1) is 0 Å². The summed E-state index contributed by atoms with van der Waals surface area (Å²) < 4.78 is 18.9. The van der Waals surface area contributed by atoms with Gasteiger partial charge in [-0.2, -0.15) is 0 Å². The summed E-state index contributed by atoms with van der Waals surface area (Å²) >= 11 is 0. The van der Waals surface area contributed by atoms with Crippen LogP contribution < -0.4 is 11.3 Å². The molecule has 96 valence electrons. The maximum atomic E-state index is 13.1. The Morgan fingerprint density at radius 2 is 2.22 bits per heavy atom. The molecule has 0 aliphatic heterocycles. The van der Waals surface area contributed by atoms with Crippen molar-refractivity contribution >= 4 is 11.0 Å². The van der Waals surface area contributed by atoms with Crippen LogP contribution in [0, 0.1) is 11.7 Å². The smallest absolute Gasteiger partial charge is 0.134 e. The van der Waals surface area contributed by atoms with Gasteiger partial charge >= 0.3 is 0 Å². The quantitative estimate of drug-likeness (QED) is 0.645. The van der Waals surface area contributed by atoms with E-state index in [1.807, 2.05) is 6.07 Å². The Kier molecular flexibility index (Phi) is 3.06. The van der Waals surface area contributed by atoms with E-state index in [2.05, 4.69) is 5.43 Å². The second-order valence-electron chi connectivity index (χ2n) is 5.08. The fraction of sp³-hybridized carbons (Fsp3) is 0.429. The van der Waals surface area contributed by atoms with Crippen LogP contribution in [0.3, 0.4) is 0 Å². The molecule has 1 saturated carbocycles. The van der Waals surface area contributed by atoms with Crippen LogP contribution >= 0.6 is 0 Å². The monoisotopic (exact) mass is 248 g/mol. The first kappa shape index (κ1) is 11.7. The van der Waals surface area contributed by atoms with Crippen molar-refractivity contribution in [3.63, 3.8) is 0 Å². The second kappa shape index (κ2) is 4.71. The van der Waals surface area contributed by atoms with Crippen LogP contribution in [-0.2, 0) is 0 Å². The van der Waals surface area contributed by atoms with Crippen molar-refractivity contribution in [3.8, 4) is 0 Å². The van der Waals surface area contributed by atoms with Gasteiger partial charge in [0.1, 0.15) is 17.2 Å². The molecule has 3 rings (SSSR count). The number of halogens is 1. The van der Waals surface area contributed by atoms with Crippen LogP contribution in [0.5, 0.6) is 0 Å². The van der Waals surface area contributed by atoms with Gasteiger partial charge in [-0.05, 0) is 36.6 Å². The molecular formula is C14H17FN2O. The summed E-state index contributed by atoms with van der Waals surface area (Å²) in [7, 11) is 0. The Labute approximate surface area is 105 Å². The Balaban J connectivity index is 1.86. The number of benzene rings is 1. The van der Waals surface area contributed by atoms with E-state index in [1.165, 1.54) is 31.4 Å². The van der Waals surface area contributed by atoms with E-state index in [0.29, 0.717) is 5.58 Å². The van der Waals surface area contributed by atoms with E-state index < -0.39 is 0 Å². The maximum Gasteiger partial charge on any atom is 0.134 e. The number of hydrazine groups is 1. The number of fused-ring (bicyclic) bond motifs is 1. The van der Waals surface area contributed by atoms with Gasteiger partial charge in [0.2, 0.25) is 0 Å². The molecule has 3 nitrogen and oxygen atoms in total. The summed E-state index contributed by atoms with van der Waals surface area (Å²) in [5, 5.41) is 0.791. The average Bonchev–Trinajstić information content (AvgIpc) is 2.70. The van der Waals surface area contributed by atoms with E-state index in [9.17, 15) is 4.39 Å². The minimum Gasteiger partial charge on any atom is -0.459 e. The molecule has 1 heterocycles. The molecular weight excluding hydrogens is 231 g/mol. The van der Waals surface area contributed by atoms with Gasteiger partial charge in [-0.3, -0.25) is 5.84 Å². The molecule has 0 amide bonds. The lowest BCUT2D eigenvalue weighted by Crippen LogP contribution is -2.30. The van der Waals surface area contributed by atoms with Gasteiger partial charge in [0.25, 0.3) is 0 Å². The number of furan rings is 1. The van der Waals surface area contributed by atoms with Crippen LogP contribution in [0.1, 0.15) is 37.5 Å². The molecule has 1 aromatic carbocycles. The number of nitrogens with one attached hydrogen (secondary N) is 1. The summed E-state index contributed by atoms with van der Waals surface area (Å²) in [5.41, 5.74) is 3.51. The molecule has 0 spiro atoms. The third-order valence-electron chi connectivity index (χ3n) is 3.84. The van der Waals surface area contributed by atoms with Gasteiger partial charge < -0.3 is 4.42 Å². The van der Waals surface area contributed by atoms with E-state index in [0.717, 1.165) is 23.5 Å². The van der Waals surface area contributed by atoms with Gasteiger partial charge in [0, 0.05) is 5.39 Å². The summed E-state index contributed by atoms with van der Waals surface area (Å²) in [4.78, 5) is 0. The van der Waals surface area contributed by atoms with Gasteiger partial charge in [-0.1, -0.05) is 19.3 Å². The Hall–Kier alpha value is -1.39. The van der Waals surface area contributed by atoms with Crippen molar-refractivity contribution in [1.82, 2.24) is 5.43 Å². The zero-order chi connectivity index (χ0) is 12.5. The topological polar surface area (TPSA) is 51.2 Å². The standard InChI is InChI=1S/C14H17FN2O/c15-11-4-5-13-10(7-11)8-14(18-13)12(17-16)6-9-2-1-3-9/h4-5,7-9,12,17H,1-3,6,16H2. The molecule has 1 aromatic heterocycles. The Morgan fingerprint density at radius 3 is 2.89 bits per heavy atom. The maximum absolute atomic E-state index is 13.1. The Morgan fingerprint density at radius 1 is 1.39 bits per heavy atom. The average molecular weight is 248 g/mol. The molecule has 1 fully saturated rings. The fourth-order valence-corrected chi connectivity index (χ4v) is 2.53. The zero-order valence-electron chi connectivity index (χ0n) is 10.2. The summed E-state index contributed by atoms with van der Waals surface area (Å²) in [6.07, 6.45) is 4.84. The van der Waals surface area contributed by atoms with E-state index in [-0.39, 0.29) is 11.9 Å². The molecule has 1 unspecified atom stereocenters. The largest absolute Gasteiger partial charge is 0.459 e. The molecule has 4 heteroatoms. The molecule has 1 aliphatic carbocycles. The van der Waals surface area contributed by atoms with E-state index in [4.69, 9.17) is 10.3 Å². The fourth-order valence-electron chi connectivity index (χ4n) is 2.53. The molecule has 18 heavy (non-hydrogen) atoms. The van der Waals surface area contributed by atoms with Crippen molar-refractivity contribution in [1.29, 1.82) is 0 Å². The van der Waals surface area contributed by atoms with E-state index in [1.54, 1.807) is 6.07 Å². The van der Waals surface area contributed by atoms with Gasteiger partial charge in [0.05, 0.1) is 6.04 Å². The SMILES string of the molecule is NNC(CC1CCC1)c1cc2cc(F)ccc2o1. The molecule has 0 saturated heterocycles. The minimum absolute atomic E-state index is 0.0192. The van der Waals surface area contributed by atoms with Crippen molar-refractivity contribution in [3.05, 3.63) is 35.8 Å². The highest BCUT2D eigenvalue weighted by atomic mass is 19.1. The minimum atomic E-state index is -0.244. The van der Waals surface area contributed by atoms with Crippen molar-refractivity contribution < 1.29 is 8.81 Å². The molecule has 0 bridgehead atoms. The highest BCUT2D eigenvalue weighted by Crippen LogP contribution is 2.35. The predicted octanol–water partition coefficient (Wildman–Crippen LogP) is 3.27. The van der Waals surface area contributed by atoms with Crippen LogP contribution in [0.25, 0.3) is 11.0 Å². The molecule has 2 aromatic rings. The van der Waals surface area contributed by atoms with Crippen molar-refractivity contribution in [2.24, 2.45) is 11.8 Å². The first-order chi connectivity index (χ1) is 8.76. The molecule has 1 atom stereocenters. The third kappa shape index (κ3) is 2.13. The molecule has 1 aliphatic rings. The number of hydrogen-bond donors (Lipinski definition) is 2. The zero-order valence-corrected chi connectivity index (χ0v) is 10.2. The first-order valence-electron chi connectivity index (χ1n) is 6.41. The lowest BCUT2D eigenvalue weighted by molar-refractivity contribution is 0.249. The number of rotatable bonds is 4. The summed E-state index contributed by atoms with van der Waals surface area (Å²) in [6.45, 7) is 0. The summed E-state index contributed by atoms with van der Waals surface area (Å²) in [6, 6.07) is 6.45. The van der Waals surface area contributed by atoms with Crippen LogP contribution in [-0.4, -0.2) is 0 Å². The second-order valence-corrected chi connectivity index (χ2v) is 5.08. The van der Waals surface area contributed by atoms with Gasteiger partial charge in [0.15, 0.2) is 0 Å². The number of nitrogens with two attached hydrogens (primary N) is 1.